The summed E-state index contributed by atoms with van der Waals surface area (Å²) in [5.41, 5.74) is 1.98. The summed E-state index contributed by atoms with van der Waals surface area (Å²) in [5, 5.41) is 3.13. The third-order valence-electron chi connectivity index (χ3n) is 3.33. The lowest BCUT2D eigenvalue weighted by molar-refractivity contribution is 0.0937. The Kier molecular flexibility index (Phi) is 3.60. The van der Waals surface area contributed by atoms with Gasteiger partial charge in [-0.05, 0) is 30.9 Å². The number of carbonyl (C=O) groups excluding carboxylic acids is 1. The summed E-state index contributed by atoms with van der Waals surface area (Å²) in [4.78, 5) is 12.1. The molecule has 0 spiro atoms. The maximum Gasteiger partial charge on any atom is 0.251 e. The van der Waals surface area contributed by atoms with E-state index in [0.717, 1.165) is 30.4 Å². The Morgan fingerprint density at radius 1 is 1.31 bits per heavy atom. The number of nitrogens with one attached hydrogen (secondary N) is 1. The fraction of sp³-hybridized carbons (Fsp3) is 0.500. The number of rotatable bonds is 3. The van der Waals surface area contributed by atoms with Crippen LogP contribution in [0, 0.1) is 0 Å². The average Bonchev–Trinajstić information content (AvgIpc) is 2.81. The highest BCUT2D eigenvalue weighted by Gasteiger charge is 2.18. The molecule has 1 aromatic carbocycles. The third kappa shape index (κ3) is 2.43. The number of carbonyl (C=O) groups is 1. The van der Waals surface area contributed by atoms with Gasteiger partial charge in [0, 0.05) is 11.6 Å². The van der Waals surface area contributed by atoms with E-state index in [-0.39, 0.29) is 5.91 Å². The van der Waals surface area contributed by atoms with Crippen LogP contribution in [-0.2, 0) is 6.42 Å². The first-order chi connectivity index (χ1) is 7.81. The van der Waals surface area contributed by atoms with Crippen molar-refractivity contribution in [3.05, 3.63) is 35.4 Å². The second-order valence-electron chi connectivity index (χ2n) is 4.47. The summed E-state index contributed by atoms with van der Waals surface area (Å²) in [6.07, 6.45) is 5.69. The van der Waals surface area contributed by atoms with E-state index in [1.807, 2.05) is 24.3 Å². The van der Waals surface area contributed by atoms with Crippen molar-refractivity contribution in [2.75, 3.05) is 0 Å². The quantitative estimate of drug-likeness (QED) is 0.828. The van der Waals surface area contributed by atoms with Crippen LogP contribution in [0.15, 0.2) is 24.3 Å². The Labute approximate surface area is 97.1 Å². The molecule has 0 unspecified atom stereocenters. The van der Waals surface area contributed by atoms with Crippen molar-refractivity contribution in [3.8, 4) is 0 Å². The molecule has 2 rings (SSSR count). The zero-order valence-electron chi connectivity index (χ0n) is 9.83. The number of amides is 1. The minimum absolute atomic E-state index is 0.101. The van der Waals surface area contributed by atoms with Gasteiger partial charge >= 0.3 is 0 Å². The molecular weight excluding hydrogens is 198 g/mol. The smallest absolute Gasteiger partial charge is 0.251 e. The second kappa shape index (κ2) is 5.15. The van der Waals surface area contributed by atoms with Crippen molar-refractivity contribution < 1.29 is 4.79 Å². The topological polar surface area (TPSA) is 29.1 Å². The molecule has 1 aliphatic rings. The van der Waals surface area contributed by atoms with E-state index in [0.29, 0.717) is 6.04 Å². The highest BCUT2D eigenvalue weighted by atomic mass is 16.1. The predicted octanol–water partition coefficient (Wildman–Crippen LogP) is 2.92. The van der Waals surface area contributed by atoms with Crippen LogP contribution < -0.4 is 5.32 Å². The van der Waals surface area contributed by atoms with Crippen molar-refractivity contribution >= 4 is 5.91 Å². The first kappa shape index (κ1) is 11.2. The summed E-state index contributed by atoms with van der Waals surface area (Å²) in [7, 11) is 0. The molecule has 2 heteroatoms. The molecule has 1 amide bonds. The van der Waals surface area contributed by atoms with Crippen LogP contribution in [-0.4, -0.2) is 11.9 Å². The molecule has 1 N–H and O–H groups in total. The molecular formula is C14H19NO. The fourth-order valence-electron chi connectivity index (χ4n) is 2.38. The van der Waals surface area contributed by atoms with E-state index in [2.05, 4.69) is 12.2 Å². The summed E-state index contributed by atoms with van der Waals surface area (Å²) < 4.78 is 0. The van der Waals surface area contributed by atoms with Crippen LogP contribution in [0.2, 0.25) is 0 Å². The van der Waals surface area contributed by atoms with Gasteiger partial charge < -0.3 is 5.32 Å². The lowest BCUT2D eigenvalue weighted by atomic mass is 10.0. The van der Waals surface area contributed by atoms with Gasteiger partial charge in [-0.3, -0.25) is 4.79 Å². The Bertz CT molecular complexity index is 367. The molecule has 0 atom stereocenters. The van der Waals surface area contributed by atoms with Gasteiger partial charge in [0.15, 0.2) is 0 Å². The van der Waals surface area contributed by atoms with Gasteiger partial charge in [0.1, 0.15) is 0 Å². The summed E-state index contributed by atoms with van der Waals surface area (Å²) in [5.74, 6) is 0.101. The van der Waals surface area contributed by atoms with Crippen molar-refractivity contribution in [3.63, 3.8) is 0 Å². The van der Waals surface area contributed by atoms with Gasteiger partial charge in [-0.25, -0.2) is 0 Å². The van der Waals surface area contributed by atoms with Gasteiger partial charge in [0.2, 0.25) is 0 Å². The van der Waals surface area contributed by atoms with Gasteiger partial charge in [-0.2, -0.15) is 0 Å². The first-order valence-corrected chi connectivity index (χ1v) is 6.20. The van der Waals surface area contributed by atoms with E-state index in [1.54, 1.807) is 0 Å². The minimum Gasteiger partial charge on any atom is -0.349 e. The van der Waals surface area contributed by atoms with Crippen LogP contribution in [0.5, 0.6) is 0 Å². The van der Waals surface area contributed by atoms with Crippen LogP contribution in [0.3, 0.4) is 0 Å². The zero-order valence-corrected chi connectivity index (χ0v) is 9.83. The molecule has 0 heterocycles. The first-order valence-electron chi connectivity index (χ1n) is 6.20. The lowest BCUT2D eigenvalue weighted by Crippen LogP contribution is -2.33. The molecule has 0 bridgehead atoms. The molecule has 1 aromatic rings. The van der Waals surface area contributed by atoms with Crippen molar-refractivity contribution in [2.45, 2.75) is 45.1 Å². The monoisotopic (exact) mass is 217 g/mol. The summed E-state index contributed by atoms with van der Waals surface area (Å²) in [6, 6.07) is 8.28. The Hall–Kier alpha value is -1.31. The fourth-order valence-corrected chi connectivity index (χ4v) is 2.38. The second-order valence-corrected chi connectivity index (χ2v) is 4.47. The van der Waals surface area contributed by atoms with E-state index in [4.69, 9.17) is 0 Å². The van der Waals surface area contributed by atoms with Crippen molar-refractivity contribution in [2.24, 2.45) is 0 Å². The minimum atomic E-state index is 0.101. The van der Waals surface area contributed by atoms with Gasteiger partial charge in [-0.1, -0.05) is 38.0 Å². The number of aryl methyl sites for hydroxylation is 1. The molecule has 1 aliphatic carbocycles. The highest BCUT2D eigenvalue weighted by molar-refractivity contribution is 5.95. The highest BCUT2D eigenvalue weighted by Crippen LogP contribution is 2.18. The molecule has 2 nitrogen and oxygen atoms in total. The lowest BCUT2D eigenvalue weighted by Gasteiger charge is -2.13. The Balaban J connectivity index is 2.07. The number of benzene rings is 1. The van der Waals surface area contributed by atoms with Crippen LogP contribution in [0.1, 0.15) is 48.5 Å². The van der Waals surface area contributed by atoms with Crippen LogP contribution in [0.4, 0.5) is 0 Å². The van der Waals surface area contributed by atoms with Crippen molar-refractivity contribution in [1.82, 2.24) is 5.32 Å². The number of hydrogen-bond acceptors (Lipinski definition) is 1. The van der Waals surface area contributed by atoms with E-state index in [9.17, 15) is 4.79 Å². The molecule has 16 heavy (non-hydrogen) atoms. The van der Waals surface area contributed by atoms with E-state index < -0.39 is 0 Å². The average molecular weight is 217 g/mol. The Morgan fingerprint density at radius 2 is 2.00 bits per heavy atom. The molecule has 1 fully saturated rings. The van der Waals surface area contributed by atoms with Crippen LogP contribution in [0.25, 0.3) is 0 Å². The van der Waals surface area contributed by atoms with Gasteiger partial charge in [0.25, 0.3) is 5.91 Å². The Morgan fingerprint density at radius 3 is 2.69 bits per heavy atom. The normalized spacial score (nSPS) is 16.3. The van der Waals surface area contributed by atoms with Crippen LogP contribution >= 0.6 is 0 Å². The molecule has 0 aliphatic heterocycles. The SMILES string of the molecule is CCc1ccccc1C(=O)NC1CCCC1. The van der Waals surface area contributed by atoms with Crippen molar-refractivity contribution in [1.29, 1.82) is 0 Å². The molecule has 1 saturated carbocycles. The largest absolute Gasteiger partial charge is 0.349 e. The standard InChI is InChI=1S/C14H19NO/c1-2-11-7-3-6-10-13(11)14(16)15-12-8-4-5-9-12/h3,6-7,10,12H,2,4-5,8-9H2,1H3,(H,15,16). The number of hydrogen-bond donors (Lipinski definition) is 1. The molecule has 0 saturated heterocycles. The van der Waals surface area contributed by atoms with E-state index >= 15 is 0 Å². The maximum atomic E-state index is 12.1. The van der Waals surface area contributed by atoms with Gasteiger partial charge in [-0.15, -0.1) is 0 Å². The summed E-state index contributed by atoms with van der Waals surface area (Å²) in [6.45, 7) is 2.09. The molecule has 86 valence electrons. The molecule has 0 radical (unpaired) electrons. The predicted molar refractivity (Wildman–Crippen MR) is 65.5 cm³/mol. The molecule has 0 aromatic heterocycles. The third-order valence-corrected chi connectivity index (χ3v) is 3.33. The van der Waals surface area contributed by atoms with E-state index in [1.165, 1.54) is 12.8 Å². The maximum absolute atomic E-state index is 12.1. The van der Waals surface area contributed by atoms with Gasteiger partial charge in [0.05, 0.1) is 0 Å². The summed E-state index contributed by atoms with van der Waals surface area (Å²) >= 11 is 0. The zero-order chi connectivity index (χ0) is 11.4.